The van der Waals surface area contributed by atoms with Gasteiger partial charge in [-0.2, -0.15) is 11.1 Å². The highest BCUT2D eigenvalue weighted by atomic mass is 15.8. The minimum Gasteiger partial charge on any atom is -0.366 e. The zero-order valence-corrected chi connectivity index (χ0v) is 15.0. The molecule has 1 aliphatic rings. The van der Waals surface area contributed by atoms with Crippen molar-refractivity contribution in [1.29, 1.82) is 0 Å². The zero-order chi connectivity index (χ0) is 18.8. The number of fused-ring (bicyclic) bond motifs is 1. The Balaban J connectivity index is 1.45. The monoisotopic (exact) mass is 372 g/mol. The molecule has 4 aromatic rings. The average Bonchev–Trinajstić information content (AvgIpc) is 3.45. The quantitative estimate of drug-likeness (QED) is 0.320. The van der Waals surface area contributed by atoms with E-state index in [-0.39, 0.29) is 6.17 Å². The Bertz CT molecular complexity index is 1070. The van der Waals surface area contributed by atoms with E-state index in [9.17, 15) is 0 Å². The molecule has 0 saturated carbocycles. The molecule has 6 N–H and O–H groups in total. The van der Waals surface area contributed by atoms with E-state index in [1.165, 1.54) is 0 Å². The number of pyridine rings is 2. The van der Waals surface area contributed by atoms with Crippen LogP contribution in [0.4, 0.5) is 5.82 Å². The standard InChI is InChI=1S/C20H20N8/c1-2-13(11-21-8-1)12-23-18-10-17(16-7-9-22-20(16)24-18)14-3-5-15(6-4-14)19-25-27-28-26-19/h1-11,19,25-28H,12H2,(H2,22,23,24). The van der Waals surface area contributed by atoms with Crippen LogP contribution in [0.5, 0.6) is 0 Å². The first-order chi connectivity index (χ1) is 13.9. The molecule has 1 aromatic carbocycles. The highest BCUT2D eigenvalue weighted by molar-refractivity contribution is 5.94. The van der Waals surface area contributed by atoms with Gasteiger partial charge >= 0.3 is 0 Å². The number of nitrogens with zero attached hydrogens (tertiary/aromatic N) is 2. The summed E-state index contributed by atoms with van der Waals surface area (Å²) in [5.41, 5.74) is 17.2. The summed E-state index contributed by atoms with van der Waals surface area (Å²) >= 11 is 0. The molecule has 1 saturated heterocycles. The van der Waals surface area contributed by atoms with Crippen molar-refractivity contribution in [2.45, 2.75) is 12.7 Å². The van der Waals surface area contributed by atoms with Crippen LogP contribution in [0.1, 0.15) is 17.3 Å². The van der Waals surface area contributed by atoms with E-state index in [1.54, 1.807) is 6.20 Å². The Morgan fingerprint density at radius 2 is 1.86 bits per heavy atom. The number of benzene rings is 1. The third kappa shape index (κ3) is 3.32. The molecule has 0 bridgehead atoms. The van der Waals surface area contributed by atoms with Gasteiger partial charge in [0.05, 0.1) is 0 Å². The van der Waals surface area contributed by atoms with Crippen molar-refractivity contribution >= 4 is 16.9 Å². The molecule has 0 unspecified atom stereocenters. The van der Waals surface area contributed by atoms with Crippen molar-refractivity contribution in [2.24, 2.45) is 0 Å². The fourth-order valence-electron chi connectivity index (χ4n) is 3.34. The number of hydrogen-bond acceptors (Lipinski definition) is 7. The van der Waals surface area contributed by atoms with Crippen LogP contribution in [0.15, 0.2) is 67.1 Å². The van der Waals surface area contributed by atoms with Gasteiger partial charge < -0.3 is 10.3 Å². The van der Waals surface area contributed by atoms with Gasteiger partial charge in [0.1, 0.15) is 17.6 Å². The summed E-state index contributed by atoms with van der Waals surface area (Å²) in [6, 6.07) is 16.6. The van der Waals surface area contributed by atoms with Gasteiger partial charge in [0.2, 0.25) is 0 Å². The van der Waals surface area contributed by atoms with E-state index in [1.807, 2.05) is 24.5 Å². The smallest absolute Gasteiger partial charge is 0.140 e. The molecule has 0 aliphatic carbocycles. The number of aromatic nitrogens is 3. The summed E-state index contributed by atoms with van der Waals surface area (Å²) < 4.78 is 0. The van der Waals surface area contributed by atoms with Crippen molar-refractivity contribution in [3.63, 3.8) is 0 Å². The van der Waals surface area contributed by atoms with E-state index >= 15 is 0 Å². The summed E-state index contributed by atoms with van der Waals surface area (Å²) in [7, 11) is 0. The average molecular weight is 372 g/mol. The first-order valence-corrected chi connectivity index (χ1v) is 9.09. The van der Waals surface area contributed by atoms with Crippen LogP contribution >= 0.6 is 0 Å². The molecule has 3 aromatic heterocycles. The van der Waals surface area contributed by atoms with E-state index in [4.69, 9.17) is 4.98 Å². The molecule has 8 heteroatoms. The summed E-state index contributed by atoms with van der Waals surface area (Å²) in [5, 5.41) is 4.50. The van der Waals surface area contributed by atoms with Crippen molar-refractivity contribution in [1.82, 2.24) is 36.9 Å². The van der Waals surface area contributed by atoms with Crippen molar-refractivity contribution in [3.05, 3.63) is 78.2 Å². The largest absolute Gasteiger partial charge is 0.366 e. The van der Waals surface area contributed by atoms with Gasteiger partial charge in [-0.15, -0.1) is 0 Å². The van der Waals surface area contributed by atoms with Crippen LogP contribution in [-0.2, 0) is 6.54 Å². The number of aromatic amines is 1. The van der Waals surface area contributed by atoms with E-state index in [2.05, 4.69) is 73.6 Å². The molecular formula is C20H20N8. The lowest BCUT2D eigenvalue weighted by Crippen LogP contribution is -2.33. The number of anilines is 1. The second-order valence-electron chi connectivity index (χ2n) is 6.60. The van der Waals surface area contributed by atoms with Crippen LogP contribution in [0.2, 0.25) is 0 Å². The maximum absolute atomic E-state index is 4.69. The summed E-state index contributed by atoms with van der Waals surface area (Å²) in [5.74, 6) is 0.824. The van der Waals surface area contributed by atoms with E-state index in [0.717, 1.165) is 39.1 Å². The van der Waals surface area contributed by atoms with Gasteiger partial charge in [-0.3, -0.25) is 4.98 Å². The number of hydrazine groups is 3. The predicted octanol–water partition coefficient (Wildman–Crippen LogP) is 2.35. The number of rotatable bonds is 5. The Morgan fingerprint density at radius 1 is 1.00 bits per heavy atom. The molecule has 1 fully saturated rings. The molecule has 0 atom stereocenters. The topological polar surface area (TPSA) is 102 Å². The molecule has 4 heterocycles. The van der Waals surface area contributed by atoms with Gasteiger partial charge in [0, 0.05) is 30.5 Å². The summed E-state index contributed by atoms with van der Waals surface area (Å²) in [6.07, 6.45) is 5.58. The lowest BCUT2D eigenvalue weighted by atomic mass is 10.0. The Morgan fingerprint density at radius 3 is 2.64 bits per heavy atom. The minimum atomic E-state index is 0.0236. The Kier molecular flexibility index (Phi) is 4.43. The maximum Gasteiger partial charge on any atom is 0.140 e. The van der Waals surface area contributed by atoms with Crippen LogP contribution in [0.3, 0.4) is 0 Å². The molecule has 5 rings (SSSR count). The van der Waals surface area contributed by atoms with Crippen LogP contribution < -0.4 is 27.2 Å². The molecule has 0 amide bonds. The number of H-pyrrole nitrogens is 1. The number of nitrogens with one attached hydrogen (secondary N) is 6. The van der Waals surface area contributed by atoms with Crippen LogP contribution in [0.25, 0.3) is 22.2 Å². The van der Waals surface area contributed by atoms with Crippen molar-refractivity contribution in [3.8, 4) is 11.1 Å². The second kappa shape index (κ2) is 7.37. The SMILES string of the molecule is c1cncc(CNc2cc(-c3ccc(C4NNNN4)cc3)c3cc[nH]c3n2)c1. The minimum absolute atomic E-state index is 0.0236. The molecule has 1 aliphatic heterocycles. The van der Waals surface area contributed by atoms with Crippen LogP contribution in [0, 0.1) is 0 Å². The lowest BCUT2D eigenvalue weighted by Gasteiger charge is -2.12. The molecule has 28 heavy (non-hydrogen) atoms. The second-order valence-corrected chi connectivity index (χ2v) is 6.60. The highest BCUT2D eigenvalue weighted by Crippen LogP contribution is 2.30. The first-order valence-electron chi connectivity index (χ1n) is 9.09. The fraction of sp³-hybridized carbons (Fsp3) is 0.100. The third-order valence-electron chi connectivity index (χ3n) is 4.78. The Hall–Kier alpha value is -3.30. The maximum atomic E-state index is 4.69. The van der Waals surface area contributed by atoms with Gasteiger partial charge in [0.25, 0.3) is 0 Å². The fourth-order valence-corrected chi connectivity index (χ4v) is 3.34. The van der Waals surface area contributed by atoms with Gasteiger partial charge in [-0.05, 0) is 40.5 Å². The van der Waals surface area contributed by atoms with Crippen molar-refractivity contribution < 1.29 is 0 Å². The Labute approximate surface area is 161 Å². The van der Waals surface area contributed by atoms with E-state index in [0.29, 0.717) is 6.54 Å². The third-order valence-corrected chi connectivity index (χ3v) is 4.78. The molecule has 140 valence electrons. The molecule has 0 radical (unpaired) electrons. The van der Waals surface area contributed by atoms with Gasteiger partial charge in [-0.1, -0.05) is 30.3 Å². The molecule has 8 nitrogen and oxygen atoms in total. The predicted molar refractivity (Wildman–Crippen MR) is 108 cm³/mol. The number of hydrogen-bond donors (Lipinski definition) is 6. The lowest BCUT2D eigenvalue weighted by molar-refractivity contribution is 0.555. The normalized spacial score (nSPS) is 14.6. The summed E-state index contributed by atoms with van der Waals surface area (Å²) in [4.78, 5) is 12.1. The first kappa shape index (κ1) is 16.8. The molecular weight excluding hydrogens is 352 g/mol. The van der Waals surface area contributed by atoms with Crippen LogP contribution in [-0.4, -0.2) is 15.0 Å². The zero-order valence-electron chi connectivity index (χ0n) is 15.0. The van der Waals surface area contributed by atoms with E-state index < -0.39 is 0 Å². The highest BCUT2D eigenvalue weighted by Gasteiger charge is 2.15. The van der Waals surface area contributed by atoms with Crippen molar-refractivity contribution in [2.75, 3.05) is 5.32 Å². The summed E-state index contributed by atoms with van der Waals surface area (Å²) in [6.45, 7) is 0.671. The molecule has 0 spiro atoms. The van der Waals surface area contributed by atoms with Gasteiger partial charge in [-0.25, -0.2) is 15.8 Å². The van der Waals surface area contributed by atoms with Gasteiger partial charge in [0.15, 0.2) is 0 Å².